The van der Waals surface area contributed by atoms with Crippen LogP contribution in [0.4, 0.5) is 5.13 Å². The Morgan fingerprint density at radius 1 is 1.53 bits per heavy atom. The zero-order chi connectivity index (χ0) is 13.2. The quantitative estimate of drug-likeness (QED) is 0.850. The lowest BCUT2D eigenvalue weighted by atomic mass is 10.1. The molecule has 1 aliphatic rings. The van der Waals surface area contributed by atoms with Gasteiger partial charge in [0.25, 0.3) is 0 Å². The summed E-state index contributed by atoms with van der Waals surface area (Å²) in [4.78, 5) is 6.87. The van der Waals surface area contributed by atoms with Crippen LogP contribution in [0.1, 0.15) is 24.5 Å². The molecule has 1 aliphatic heterocycles. The topological polar surface area (TPSA) is 56.1 Å². The van der Waals surface area contributed by atoms with Crippen LogP contribution >= 0.6 is 11.5 Å². The van der Waals surface area contributed by atoms with Crippen LogP contribution in [0.25, 0.3) is 0 Å². The minimum absolute atomic E-state index is 0.166. The van der Waals surface area contributed by atoms with Gasteiger partial charge in [0.05, 0.1) is 24.9 Å². The lowest BCUT2D eigenvalue weighted by Crippen LogP contribution is -2.40. The number of ether oxygens (including phenoxy) is 1. The van der Waals surface area contributed by atoms with Crippen LogP contribution in [0, 0.1) is 0 Å². The standard InChI is InChI=1S/C12H17N5OS/c1-3-11-14-12(19-15-11)17-6-7-18-8-10(17)9-4-5-13-16(9)2/h4-5,10H,3,6-8H2,1-2H3/t10-/m0/s1. The lowest BCUT2D eigenvalue weighted by molar-refractivity contribution is 0.0918. The molecule has 0 N–H and O–H groups in total. The molecule has 0 unspecified atom stereocenters. The number of morpholine rings is 1. The van der Waals surface area contributed by atoms with Crippen molar-refractivity contribution in [1.29, 1.82) is 0 Å². The van der Waals surface area contributed by atoms with Gasteiger partial charge >= 0.3 is 0 Å². The third-order valence-electron chi connectivity index (χ3n) is 3.35. The van der Waals surface area contributed by atoms with Crippen molar-refractivity contribution in [3.63, 3.8) is 0 Å². The highest BCUT2D eigenvalue weighted by Crippen LogP contribution is 2.30. The fourth-order valence-electron chi connectivity index (χ4n) is 2.29. The maximum absolute atomic E-state index is 5.62. The summed E-state index contributed by atoms with van der Waals surface area (Å²) in [6, 6.07) is 2.20. The van der Waals surface area contributed by atoms with Gasteiger partial charge in [-0.2, -0.15) is 9.47 Å². The molecule has 3 heterocycles. The molecule has 2 aromatic rings. The number of anilines is 1. The Morgan fingerprint density at radius 3 is 3.11 bits per heavy atom. The Balaban J connectivity index is 1.91. The van der Waals surface area contributed by atoms with Gasteiger partial charge in [0, 0.05) is 37.7 Å². The van der Waals surface area contributed by atoms with E-state index in [1.807, 2.05) is 24.0 Å². The molecule has 0 amide bonds. The van der Waals surface area contributed by atoms with Gasteiger partial charge < -0.3 is 9.64 Å². The van der Waals surface area contributed by atoms with Crippen LogP contribution in [0.15, 0.2) is 12.3 Å². The van der Waals surface area contributed by atoms with Crippen molar-refractivity contribution >= 4 is 16.7 Å². The Labute approximate surface area is 116 Å². The third-order valence-corrected chi connectivity index (χ3v) is 4.14. The van der Waals surface area contributed by atoms with E-state index in [0.29, 0.717) is 6.61 Å². The SMILES string of the molecule is CCc1nsc(N2CCOC[C@H]2c2ccnn2C)n1. The maximum atomic E-state index is 5.62. The first-order valence-corrected chi connectivity index (χ1v) is 7.21. The van der Waals surface area contributed by atoms with E-state index in [-0.39, 0.29) is 6.04 Å². The van der Waals surface area contributed by atoms with E-state index in [2.05, 4.69) is 26.3 Å². The molecular weight excluding hydrogens is 262 g/mol. The van der Waals surface area contributed by atoms with Gasteiger partial charge in [0.2, 0.25) is 5.13 Å². The van der Waals surface area contributed by atoms with Crippen molar-refractivity contribution < 1.29 is 4.74 Å². The second-order valence-electron chi connectivity index (χ2n) is 4.51. The monoisotopic (exact) mass is 279 g/mol. The minimum Gasteiger partial charge on any atom is -0.377 e. The molecule has 0 saturated carbocycles. The summed E-state index contributed by atoms with van der Waals surface area (Å²) in [7, 11) is 1.96. The number of aryl methyl sites for hydroxylation is 2. The molecule has 1 fully saturated rings. The van der Waals surface area contributed by atoms with Crippen LogP contribution < -0.4 is 4.90 Å². The molecule has 1 saturated heterocycles. The lowest BCUT2D eigenvalue weighted by Gasteiger charge is -2.35. The van der Waals surface area contributed by atoms with E-state index in [1.165, 1.54) is 11.5 Å². The van der Waals surface area contributed by atoms with Gasteiger partial charge in [0.15, 0.2) is 0 Å². The predicted molar refractivity (Wildman–Crippen MR) is 73.4 cm³/mol. The predicted octanol–water partition coefficient (Wildman–Crippen LogP) is 1.41. The van der Waals surface area contributed by atoms with E-state index < -0.39 is 0 Å². The van der Waals surface area contributed by atoms with Crippen LogP contribution in [-0.2, 0) is 18.2 Å². The second-order valence-corrected chi connectivity index (χ2v) is 5.24. The average molecular weight is 279 g/mol. The van der Waals surface area contributed by atoms with Crippen LogP contribution in [0.2, 0.25) is 0 Å². The van der Waals surface area contributed by atoms with Gasteiger partial charge in [-0.25, -0.2) is 4.98 Å². The van der Waals surface area contributed by atoms with Gasteiger partial charge in [-0.3, -0.25) is 4.68 Å². The molecule has 3 rings (SSSR count). The number of hydrogen-bond donors (Lipinski definition) is 0. The zero-order valence-corrected chi connectivity index (χ0v) is 11.9. The molecular formula is C12H17N5OS. The van der Waals surface area contributed by atoms with Crippen molar-refractivity contribution in [2.24, 2.45) is 7.05 Å². The molecule has 6 nitrogen and oxygen atoms in total. The van der Waals surface area contributed by atoms with Gasteiger partial charge in [-0.15, -0.1) is 0 Å². The second kappa shape index (κ2) is 5.26. The smallest absolute Gasteiger partial charge is 0.205 e. The van der Waals surface area contributed by atoms with Crippen molar-refractivity contribution in [3.8, 4) is 0 Å². The molecule has 0 aromatic carbocycles. The Bertz CT molecular complexity index is 552. The molecule has 0 spiro atoms. The van der Waals surface area contributed by atoms with Crippen molar-refractivity contribution in [2.75, 3.05) is 24.7 Å². The summed E-state index contributed by atoms with van der Waals surface area (Å²) in [6.45, 7) is 4.31. The molecule has 0 bridgehead atoms. The van der Waals surface area contributed by atoms with Gasteiger partial charge in [-0.05, 0) is 6.07 Å². The summed E-state index contributed by atoms with van der Waals surface area (Å²) in [6.07, 6.45) is 2.69. The van der Waals surface area contributed by atoms with Crippen LogP contribution in [-0.4, -0.2) is 38.9 Å². The van der Waals surface area contributed by atoms with E-state index in [4.69, 9.17) is 4.74 Å². The first kappa shape index (κ1) is 12.6. The summed E-state index contributed by atoms with van der Waals surface area (Å²) in [5, 5.41) is 5.22. The number of nitrogens with zero attached hydrogens (tertiary/aromatic N) is 5. The maximum Gasteiger partial charge on any atom is 0.205 e. The molecule has 19 heavy (non-hydrogen) atoms. The Hall–Kier alpha value is -1.47. The minimum atomic E-state index is 0.166. The molecule has 0 radical (unpaired) electrons. The number of rotatable bonds is 3. The first-order valence-electron chi connectivity index (χ1n) is 6.44. The first-order chi connectivity index (χ1) is 9.29. The summed E-state index contributed by atoms with van der Waals surface area (Å²) in [5.41, 5.74) is 1.15. The highest BCUT2D eigenvalue weighted by atomic mass is 32.1. The normalized spacial score (nSPS) is 19.9. The van der Waals surface area contributed by atoms with Crippen LogP contribution in [0.3, 0.4) is 0 Å². The summed E-state index contributed by atoms with van der Waals surface area (Å²) >= 11 is 1.47. The van der Waals surface area contributed by atoms with E-state index >= 15 is 0 Å². The molecule has 0 aliphatic carbocycles. The van der Waals surface area contributed by atoms with Gasteiger partial charge in [0.1, 0.15) is 5.82 Å². The van der Waals surface area contributed by atoms with Gasteiger partial charge in [-0.1, -0.05) is 6.92 Å². The summed E-state index contributed by atoms with van der Waals surface area (Å²) in [5.74, 6) is 0.912. The van der Waals surface area contributed by atoms with E-state index in [9.17, 15) is 0 Å². The Kier molecular flexibility index (Phi) is 3.48. The van der Waals surface area contributed by atoms with Crippen molar-refractivity contribution in [2.45, 2.75) is 19.4 Å². The van der Waals surface area contributed by atoms with E-state index in [0.717, 1.165) is 36.2 Å². The molecule has 7 heteroatoms. The highest BCUT2D eigenvalue weighted by Gasteiger charge is 2.29. The summed E-state index contributed by atoms with van der Waals surface area (Å²) < 4.78 is 11.9. The molecule has 102 valence electrons. The fourth-order valence-corrected chi connectivity index (χ4v) is 3.12. The van der Waals surface area contributed by atoms with Crippen molar-refractivity contribution in [1.82, 2.24) is 19.1 Å². The number of hydrogen-bond acceptors (Lipinski definition) is 6. The van der Waals surface area contributed by atoms with Crippen molar-refractivity contribution in [3.05, 3.63) is 23.8 Å². The largest absolute Gasteiger partial charge is 0.377 e. The molecule has 1 atom stereocenters. The average Bonchev–Trinajstić information content (AvgIpc) is 3.07. The third kappa shape index (κ3) is 2.35. The van der Waals surface area contributed by atoms with E-state index in [1.54, 1.807) is 0 Å². The highest BCUT2D eigenvalue weighted by molar-refractivity contribution is 7.09. The number of aromatic nitrogens is 4. The van der Waals surface area contributed by atoms with Crippen LogP contribution in [0.5, 0.6) is 0 Å². The fraction of sp³-hybridized carbons (Fsp3) is 0.583. The Morgan fingerprint density at radius 2 is 2.42 bits per heavy atom. The molecule has 2 aromatic heterocycles. The zero-order valence-electron chi connectivity index (χ0n) is 11.1.